The molecule has 1 saturated heterocycles. The molecule has 1 N–H and O–H groups in total. The summed E-state index contributed by atoms with van der Waals surface area (Å²) in [4.78, 5) is 0. The monoisotopic (exact) mass is 235 g/mol. The average Bonchev–Trinajstić information content (AvgIpc) is 2.33. The second kappa shape index (κ2) is 6.19. The molecule has 0 amide bonds. The van der Waals surface area contributed by atoms with Gasteiger partial charge in [-0.15, -0.1) is 0 Å². The Hall–Kier alpha value is -0.630. The molecule has 0 radical (unpaired) electrons. The minimum absolute atomic E-state index is 0.694. The molecular weight excluding hydrogens is 214 g/mol. The van der Waals surface area contributed by atoms with Crippen LogP contribution in [0.4, 0.5) is 5.69 Å². The molecule has 1 aliphatic heterocycles. The molecule has 0 atom stereocenters. The Kier molecular flexibility index (Phi) is 4.58. The van der Waals surface area contributed by atoms with Crippen molar-refractivity contribution in [1.82, 2.24) is 0 Å². The summed E-state index contributed by atoms with van der Waals surface area (Å²) in [5.74, 6) is 2.63. The summed E-state index contributed by atoms with van der Waals surface area (Å²) in [5, 5.41) is 3.72. The van der Waals surface area contributed by atoms with Gasteiger partial charge in [0, 0.05) is 11.7 Å². The predicted molar refractivity (Wildman–Crippen MR) is 74.4 cm³/mol. The zero-order chi connectivity index (χ0) is 11.2. The number of aryl methyl sites for hydroxylation is 1. The van der Waals surface area contributed by atoms with Crippen molar-refractivity contribution in [3.63, 3.8) is 0 Å². The summed E-state index contributed by atoms with van der Waals surface area (Å²) in [6, 6.07) is 9.46. The Morgan fingerprint density at radius 2 is 2.00 bits per heavy atom. The van der Waals surface area contributed by atoms with Gasteiger partial charge in [-0.1, -0.05) is 31.5 Å². The Morgan fingerprint density at radius 1 is 1.25 bits per heavy atom. The Bertz CT molecular complexity index is 318. The van der Waals surface area contributed by atoms with E-state index in [0.717, 1.165) is 0 Å². The maximum absolute atomic E-state index is 3.72. The van der Waals surface area contributed by atoms with Crippen molar-refractivity contribution >= 4 is 17.4 Å². The summed E-state index contributed by atoms with van der Waals surface area (Å²) in [7, 11) is 0. The van der Waals surface area contributed by atoms with E-state index in [0.29, 0.717) is 6.04 Å². The first-order valence-electron chi connectivity index (χ1n) is 6.32. The Balaban J connectivity index is 2.01. The molecule has 1 heterocycles. The van der Waals surface area contributed by atoms with E-state index in [-0.39, 0.29) is 0 Å². The quantitative estimate of drug-likeness (QED) is 0.848. The lowest BCUT2D eigenvalue weighted by Crippen LogP contribution is -2.25. The van der Waals surface area contributed by atoms with Crippen molar-refractivity contribution < 1.29 is 0 Å². The lowest BCUT2D eigenvalue weighted by atomic mass is 10.1. The third kappa shape index (κ3) is 3.18. The van der Waals surface area contributed by atoms with Crippen LogP contribution in [0.15, 0.2) is 24.3 Å². The molecule has 0 saturated carbocycles. The fourth-order valence-electron chi connectivity index (χ4n) is 2.21. The van der Waals surface area contributed by atoms with E-state index < -0.39 is 0 Å². The van der Waals surface area contributed by atoms with Crippen molar-refractivity contribution in [3.05, 3.63) is 29.8 Å². The number of thioether (sulfide) groups is 1. The first kappa shape index (κ1) is 11.8. The third-order valence-electron chi connectivity index (χ3n) is 3.12. The predicted octanol–water partition coefficient (Wildman–Crippen LogP) is 3.95. The van der Waals surface area contributed by atoms with Crippen LogP contribution in [0.5, 0.6) is 0 Å². The fraction of sp³-hybridized carbons (Fsp3) is 0.571. The molecule has 0 aliphatic carbocycles. The highest BCUT2D eigenvalue weighted by molar-refractivity contribution is 7.99. The van der Waals surface area contributed by atoms with E-state index in [4.69, 9.17) is 0 Å². The van der Waals surface area contributed by atoms with Gasteiger partial charge in [-0.2, -0.15) is 11.8 Å². The second-order valence-electron chi connectivity index (χ2n) is 4.44. The molecule has 0 spiro atoms. The van der Waals surface area contributed by atoms with Crippen molar-refractivity contribution in [3.8, 4) is 0 Å². The number of hydrogen-bond donors (Lipinski definition) is 1. The summed E-state index contributed by atoms with van der Waals surface area (Å²) >= 11 is 2.08. The summed E-state index contributed by atoms with van der Waals surface area (Å²) in [6.07, 6.45) is 5.03. The van der Waals surface area contributed by atoms with Gasteiger partial charge in [0.25, 0.3) is 0 Å². The van der Waals surface area contributed by atoms with Crippen LogP contribution in [0.2, 0.25) is 0 Å². The van der Waals surface area contributed by atoms with Crippen LogP contribution >= 0.6 is 11.8 Å². The molecule has 0 unspecified atom stereocenters. The van der Waals surface area contributed by atoms with E-state index in [9.17, 15) is 0 Å². The van der Waals surface area contributed by atoms with Crippen molar-refractivity contribution in [1.29, 1.82) is 0 Å². The summed E-state index contributed by atoms with van der Waals surface area (Å²) in [5.41, 5.74) is 2.84. The van der Waals surface area contributed by atoms with Crippen LogP contribution in [-0.4, -0.2) is 17.5 Å². The average molecular weight is 235 g/mol. The maximum Gasteiger partial charge on any atom is 0.0374 e. The van der Waals surface area contributed by atoms with E-state index >= 15 is 0 Å². The standard InChI is InChI=1S/C14H21NS/c1-2-5-12-6-3-4-7-14(12)15-13-8-10-16-11-9-13/h3-4,6-7,13,15H,2,5,8-11H2,1H3. The van der Waals surface area contributed by atoms with Crippen molar-refractivity contribution in [2.75, 3.05) is 16.8 Å². The largest absolute Gasteiger partial charge is 0.382 e. The Labute approximate surface area is 103 Å². The molecule has 2 heteroatoms. The van der Waals surface area contributed by atoms with Gasteiger partial charge in [0.15, 0.2) is 0 Å². The van der Waals surface area contributed by atoms with Gasteiger partial charge in [-0.25, -0.2) is 0 Å². The van der Waals surface area contributed by atoms with Gasteiger partial charge in [0.1, 0.15) is 0 Å². The minimum Gasteiger partial charge on any atom is -0.382 e. The lowest BCUT2D eigenvalue weighted by molar-refractivity contribution is 0.665. The van der Waals surface area contributed by atoms with Crippen LogP contribution in [0.25, 0.3) is 0 Å². The number of anilines is 1. The molecule has 1 nitrogen and oxygen atoms in total. The smallest absolute Gasteiger partial charge is 0.0374 e. The number of hydrogen-bond acceptors (Lipinski definition) is 2. The highest BCUT2D eigenvalue weighted by Gasteiger charge is 2.14. The van der Waals surface area contributed by atoms with E-state index in [1.807, 2.05) is 0 Å². The van der Waals surface area contributed by atoms with Crippen LogP contribution in [0.1, 0.15) is 31.7 Å². The highest BCUT2D eigenvalue weighted by Crippen LogP contribution is 2.23. The molecule has 1 fully saturated rings. The zero-order valence-corrected chi connectivity index (χ0v) is 10.9. The van der Waals surface area contributed by atoms with Gasteiger partial charge in [0.05, 0.1) is 0 Å². The van der Waals surface area contributed by atoms with Crippen LogP contribution in [0.3, 0.4) is 0 Å². The van der Waals surface area contributed by atoms with Crippen LogP contribution < -0.4 is 5.32 Å². The summed E-state index contributed by atoms with van der Waals surface area (Å²) in [6.45, 7) is 2.24. The fourth-order valence-corrected chi connectivity index (χ4v) is 3.32. The zero-order valence-electron chi connectivity index (χ0n) is 10.0. The third-order valence-corrected chi connectivity index (χ3v) is 4.17. The van der Waals surface area contributed by atoms with E-state index in [1.165, 1.54) is 48.4 Å². The first-order valence-corrected chi connectivity index (χ1v) is 7.48. The molecule has 1 aromatic rings. The van der Waals surface area contributed by atoms with E-state index in [2.05, 4.69) is 48.3 Å². The number of para-hydroxylation sites is 1. The van der Waals surface area contributed by atoms with Gasteiger partial charge in [-0.05, 0) is 42.4 Å². The second-order valence-corrected chi connectivity index (χ2v) is 5.66. The number of rotatable bonds is 4. The molecule has 1 aromatic carbocycles. The van der Waals surface area contributed by atoms with Gasteiger partial charge >= 0.3 is 0 Å². The SMILES string of the molecule is CCCc1ccccc1NC1CCSCC1. The molecule has 88 valence electrons. The summed E-state index contributed by atoms with van der Waals surface area (Å²) < 4.78 is 0. The van der Waals surface area contributed by atoms with Crippen LogP contribution in [-0.2, 0) is 6.42 Å². The van der Waals surface area contributed by atoms with Gasteiger partial charge in [-0.3, -0.25) is 0 Å². The van der Waals surface area contributed by atoms with Crippen molar-refractivity contribution in [2.45, 2.75) is 38.6 Å². The molecule has 2 rings (SSSR count). The normalized spacial score (nSPS) is 17.3. The first-order chi connectivity index (χ1) is 7.90. The highest BCUT2D eigenvalue weighted by atomic mass is 32.2. The molecule has 1 aliphatic rings. The van der Waals surface area contributed by atoms with Gasteiger partial charge < -0.3 is 5.32 Å². The number of benzene rings is 1. The Morgan fingerprint density at radius 3 is 2.75 bits per heavy atom. The maximum atomic E-state index is 3.72. The molecular formula is C14H21NS. The molecule has 0 bridgehead atoms. The molecule has 16 heavy (non-hydrogen) atoms. The minimum atomic E-state index is 0.694. The number of nitrogens with one attached hydrogen (secondary N) is 1. The van der Waals surface area contributed by atoms with Gasteiger partial charge in [0.2, 0.25) is 0 Å². The topological polar surface area (TPSA) is 12.0 Å². The van der Waals surface area contributed by atoms with Crippen molar-refractivity contribution in [2.24, 2.45) is 0 Å². The molecule has 0 aromatic heterocycles. The van der Waals surface area contributed by atoms with E-state index in [1.54, 1.807) is 0 Å². The lowest BCUT2D eigenvalue weighted by Gasteiger charge is -2.25. The van der Waals surface area contributed by atoms with Crippen LogP contribution in [0, 0.1) is 0 Å².